The zero-order chi connectivity index (χ0) is 14.5. The van der Waals surface area contributed by atoms with Crippen molar-refractivity contribution in [3.05, 3.63) is 28.2 Å². The monoisotopic (exact) mass is 337 g/mol. The summed E-state index contributed by atoms with van der Waals surface area (Å²) in [6.45, 7) is 4.15. The Morgan fingerprint density at radius 3 is 2.16 bits per heavy atom. The maximum absolute atomic E-state index is 12.7. The minimum atomic E-state index is -4.31. The predicted octanol–water partition coefficient (Wildman–Crippen LogP) is 5.85. The number of alkyl halides is 3. The number of benzene rings is 1. The van der Waals surface area contributed by atoms with Gasteiger partial charge in [0.15, 0.2) is 0 Å². The van der Waals surface area contributed by atoms with Crippen LogP contribution in [0.4, 0.5) is 18.9 Å². The summed E-state index contributed by atoms with van der Waals surface area (Å²) in [4.78, 5) is 0. The lowest BCUT2D eigenvalue weighted by Gasteiger charge is -2.20. The molecule has 0 aliphatic carbocycles. The molecule has 0 aliphatic rings. The summed E-state index contributed by atoms with van der Waals surface area (Å²) in [7, 11) is 0. The Bertz CT molecular complexity index is 398. The van der Waals surface area contributed by atoms with Crippen molar-refractivity contribution in [2.45, 2.75) is 51.7 Å². The summed E-state index contributed by atoms with van der Waals surface area (Å²) in [5.41, 5.74) is -0.107. The predicted molar refractivity (Wildman–Crippen MR) is 76.4 cm³/mol. The van der Waals surface area contributed by atoms with Gasteiger partial charge in [0.1, 0.15) is 0 Å². The molecule has 1 aromatic rings. The number of hydrogen-bond donors (Lipinski definition) is 1. The quantitative estimate of drug-likeness (QED) is 0.686. The van der Waals surface area contributed by atoms with Crippen molar-refractivity contribution in [1.82, 2.24) is 0 Å². The molecule has 1 nitrogen and oxygen atoms in total. The highest BCUT2D eigenvalue weighted by Gasteiger charge is 2.31. The molecule has 0 aromatic heterocycles. The molecule has 0 amide bonds. The third-order valence-corrected chi connectivity index (χ3v) is 3.33. The summed E-state index contributed by atoms with van der Waals surface area (Å²) in [5, 5.41) is 3.20. The van der Waals surface area contributed by atoms with Gasteiger partial charge >= 0.3 is 6.18 Å². The molecule has 108 valence electrons. The molecule has 1 aromatic carbocycles. The topological polar surface area (TPSA) is 12.0 Å². The van der Waals surface area contributed by atoms with Gasteiger partial charge in [-0.3, -0.25) is 0 Å². The summed E-state index contributed by atoms with van der Waals surface area (Å²) < 4.78 is 38.6. The first-order valence-electron chi connectivity index (χ1n) is 6.51. The number of rotatable bonds is 6. The van der Waals surface area contributed by atoms with Crippen molar-refractivity contribution < 1.29 is 13.2 Å². The number of nitrogens with one attached hydrogen (secondary N) is 1. The van der Waals surface area contributed by atoms with Crippen LogP contribution in [0.1, 0.15) is 45.1 Å². The van der Waals surface area contributed by atoms with E-state index in [1.165, 1.54) is 6.07 Å². The second kappa shape index (κ2) is 7.17. The number of hydrogen-bond acceptors (Lipinski definition) is 1. The van der Waals surface area contributed by atoms with E-state index in [2.05, 4.69) is 35.1 Å². The van der Waals surface area contributed by atoms with E-state index in [0.717, 1.165) is 31.7 Å². The van der Waals surface area contributed by atoms with E-state index in [0.29, 0.717) is 10.2 Å². The molecule has 5 heteroatoms. The molecule has 0 fully saturated rings. The Labute approximate surface area is 120 Å². The third kappa shape index (κ3) is 5.43. The number of halogens is 4. The standard InChI is InChI=1S/C14H19BrF3N/c1-3-5-12(6-4-2)19-13-8-10(14(16,17)18)7-11(15)9-13/h7-9,12,19H,3-6H2,1-2H3. The maximum atomic E-state index is 12.7. The summed E-state index contributed by atoms with van der Waals surface area (Å²) in [6, 6.07) is 4.18. The van der Waals surface area contributed by atoms with Gasteiger partial charge in [-0.15, -0.1) is 0 Å². The molecule has 0 spiro atoms. The summed E-state index contributed by atoms with van der Waals surface area (Å²) >= 11 is 3.13. The molecule has 0 radical (unpaired) electrons. The molecule has 19 heavy (non-hydrogen) atoms. The van der Waals surface area contributed by atoms with Gasteiger partial charge in [-0.2, -0.15) is 13.2 Å². The lowest BCUT2D eigenvalue weighted by atomic mass is 10.1. The molecular formula is C14H19BrF3N. The van der Waals surface area contributed by atoms with E-state index in [1.807, 2.05) is 0 Å². The fourth-order valence-electron chi connectivity index (χ4n) is 2.06. The van der Waals surface area contributed by atoms with Crippen LogP contribution in [0.25, 0.3) is 0 Å². The van der Waals surface area contributed by atoms with Gasteiger partial charge in [-0.25, -0.2) is 0 Å². The van der Waals surface area contributed by atoms with E-state index < -0.39 is 11.7 Å². The first-order valence-corrected chi connectivity index (χ1v) is 7.30. The normalized spacial score (nSPS) is 11.9. The Morgan fingerprint density at radius 2 is 1.68 bits per heavy atom. The van der Waals surface area contributed by atoms with Crippen molar-refractivity contribution in [1.29, 1.82) is 0 Å². The van der Waals surface area contributed by atoms with Crippen molar-refractivity contribution in [2.75, 3.05) is 5.32 Å². The average Bonchev–Trinajstić information content (AvgIpc) is 2.27. The molecular weight excluding hydrogens is 319 g/mol. The largest absolute Gasteiger partial charge is 0.416 e. The van der Waals surface area contributed by atoms with Crippen molar-refractivity contribution in [3.8, 4) is 0 Å². The van der Waals surface area contributed by atoms with Crippen molar-refractivity contribution in [3.63, 3.8) is 0 Å². The fourth-order valence-corrected chi connectivity index (χ4v) is 2.55. The minimum absolute atomic E-state index is 0.227. The first kappa shape index (κ1) is 16.3. The highest BCUT2D eigenvalue weighted by Crippen LogP contribution is 2.33. The molecule has 1 N–H and O–H groups in total. The Balaban J connectivity index is 2.90. The van der Waals surface area contributed by atoms with E-state index >= 15 is 0 Å². The van der Waals surface area contributed by atoms with Gasteiger partial charge < -0.3 is 5.32 Å². The van der Waals surface area contributed by atoms with Crippen LogP contribution in [0, 0.1) is 0 Å². The van der Waals surface area contributed by atoms with Crippen LogP contribution in [0.15, 0.2) is 22.7 Å². The van der Waals surface area contributed by atoms with Gasteiger partial charge in [-0.1, -0.05) is 42.6 Å². The van der Waals surface area contributed by atoms with Gasteiger partial charge in [0.25, 0.3) is 0 Å². The zero-order valence-electron chi connectivity index (χ0n) is 11.1. The summed E-state index contributed by atoms with van der Waals surface area (Å²) in [5.74, 6) is 0. The molecule has 0 atom stereocenters. The van der Waals surface area contributed by atoms with Crippen LogP contribution >= 0.6 is 15.9 Å². The van der Waals surface area contributed by atoms with Gasteiger partial charge in [0.05, 0.1) is 5.56 Å². The second-order valence-electron chi connectivity index (χ2n) is 4.64. The van der Waals surface area contributed by atoms with Crippen molar-refractivity contribution >= 4 is 21.6 Å². The highest BCUT2D eigenvalue weighted by atomic mass is 79.9. The van der Waals surface area contributed by atoms with Crippen LogP contribution in [0.2, 0.25) is 0 Å². The van der Waals surface area contributed by atoms with Gasteiger partial charge in [0, 0.05) is 16.2 Å². The minimum Gasteiger partial charge on any atom is -0.382 e. The Morgan fingerprint density at radius 1 is 1.11 bits per heavy atom. The first-order chi connectivity index (χ1) is 8.86. The molecule has 0 bridgehead atoms. The maximum Gasteiger partial charge on any atom is 0.416 e. The lowest BCUT2D eigenvalue weighted by Crippen LogP contribution is -2.19. The fraction of sp³-hybridized carbons (Fsp3) is 0.571. The smallest absolute Gasteiger partial charge is 0.382 e. The van der Waals surface area contributed by atoms with Crippen molar-refractivity contribution in [2.24, 2.45) is 0 Å². The van der Waals surface area contributed by atoms with Gasteiger partial charge in [-0.05, 0) is 31.0 Å². The lowest BCUT2D eigenvalue weighted by molar-refractivity contribution is -0.137. The summed E-state index contributed by atoms with van der Waals surface area (Å²) in [6.07, 6.45) is -0.371. The SMILES string of the molecule is CCCC(CCC)Nc1cc(Br)cc(C(F)(F)F)c1. The van der Waals surface area contributed by atoms with Crippen LogP contribution in [-0.4, -0.2) is 6.04 Å². The Kier molecular flexibility index (Phi) is 6.17. The average molecular weight is 338 g/mol. The van der Waals surface area contributed by atoms with E-state index in [9.17, 15) is 13.2 Å². The van der Waals surface area contributed by atoms with Crippen LogP contribution in [0.5, 0.6) is 0 Å². The molecule has 1 rings (SSSR count). The highest BCUT2D eigenvalue weighted by molar-refractivity contribution is 9.10. The molecule has 0 saturated heterocycles. The zero-order valence-corrected chi connectivity index (χ0v) is 12.7. The van der Waals surface area contributed by atoms with Crippen LogP contribution in [-0.2, 0) is 6.18 Å². The van der Waals surface area contributed by atoms with E-state index in [-0.39, 0.29) is 6.04 Å². The van der Waals surface area contributed by atoms with E-state index in [1.54, 1.807) is 6.07 Å². The number of anilines is 1. The van der Waals surface area contributed by atoms with E-state index in [4.69, 9.17) is 0 Å². The van der Waals surface area contributed by atoms with Crippen LogP contribution in [0.3, 0.4) is 0 Å². The van der Waals surface area contributed by atoms with Crippen LogP contribution < -0.4 is 5.32 Å². The van der Waals surface area contributed by atoms with Gasteiger partial charge in [0.2, 0.25) is 0 Å². The Hall–Kier alpha value is -0.710. The molecule has 0 heterocycles. The molecule has 0 unspecified atom stereocenters. The third-order valence-electron chi connectivity index (χ3n) is 2.87. The molecule has 0 aliphatic heterocycles. The second-order valence-corrected chi connectivity index (χ2v) is 5.56. The molecule has 0 saturated carbocycles.